The summed E-state index contributed by atoms with van der Waals surface area (Å²) in [6, 6.07) is 0. The lowest BCUT2D eigenvalue weighted by Gasteiger charge is -2.38. The van der Waals surface area contributed by atoms with E-state index in [9.17, 15) is 4.79 Å². The standard InChI is InChI=1S/C15H20O2S2/c1-17-14(16)12-6-7-15(18-8-3-9-19-15)13-5-2-4-11(13)10-12/h5-6,11H,2-4,7-10H2,1H3. The van der Waals surface area contributed by atoms with Crippen LogP contribution in [0.1, 0.15) is 32.1 Å². The first-order chi connectivity index (χ1) is 9.25. The van der Waals surface area contributed by atoms with Crippen LogP contribution in [0.3, 0.4) is 0 Å². The van der Waals surface area contributed by atoms with Crippen molar-refractivity contribution < 1.29 is 9.53 Å². The number of ether oxygens (including phenoxy) is 1. The molecule has 2 aliphatic carbocycles. The van der Waals surface area contributed by atoms with Gasteiger partial charge in [-0.3, -0.25) is 0 Å². The van der Waals surface area contributed by atoms with Crippen LogP contribution in [0, 0.1) is 5.92 Å². The third-order valence-corrected chi connectivity index (χ3v) is 7.68. The van der Waals surface area contributed by atoms with Crippen molar-refractivity contribution in [2.75, 3.05) is 18.6 Å². The zero-order valence-electron chi connectivity index (χ0n) is 11.3. The molecule has 1 saturated heterocycles. The van der Waals surface area contributed by atoms with E-state index < -0.39 is 0 Å². The van der Waals surface area contributed by atoms with Crippen LogP contribution in [0.15, 0.2) is 23.3 Å². The molecule has 0 N–H and O–H groups in total. The summed E-state index contributed by atoms with van der Waals surface area (Å²) in [7, 11) is 1.49. The van der Waals surface area contributed by atoms with Crippen molar-refractivity contribution in [2.45, 2.75) is 36.2 Å². The Morgan fingerprint density at radius 1 is 1.37 bits per heavy atom. The van der Waals surface area contributed by atoms with E-state index in [4.69, 9.17) is 4.74 Å². The lowest BCUT2D eigenvalue weighted by Crippen LogP contribution is -2.28. The van der Waals surface area contributed by atoms with Gasteiger partial charge in [0, 0.05) is 5.57 Å². The minimum atomic E-state index is -0.130. The molecule has 1 spiro atoms. The second-order valence-electron chi connectivity index (χ2n) is 5.37. The van der Waals surface area contributed by atoms with Crippen molar-refractivity contribution in [3.05, 3.63) is 23.3 Å². The molecule has 104 valence electrons. The van der Waals surface area contributed by atoms with Crippen LogP contribution in [0.5, 0.6) is 0 Å². The molecule has 4 heteroatoms. The third kappa shape index (κ3) is 2.49. The van der Waals surface area contributed by atoms with Crippen molar-refractivity contribution in [1.82, 2.24) is 0 Å². The molecule has 0 bridgehead atoms. The summed E-state index contributed by atoms with van der Waals surface area (Å²) in [4.78, 5) is 11.9. The highest BCUT2D eigenvalue weighted by Crippen LogP contribution is 2.56. The molecule has 1 atom stereocenters. The maximum Gasteiger partial charge on any atom is 0.333 e. The van der Waals surface area contributed by atoms with E-state index in [-0.39, 0.29) is 10.0 Å². The average Bonchev–Trinajstić information content (AvgIpc) is 2.87. The number of carbonyl (C=O) groups is 1. The van der Waals surface area contributed by atoms with Crippen molar-refractivity contribution in [3.8, 4) is 0 Å². The molecule has 19 heavy (non-hydrogen) atoms. The van der Waals surface area contributed by atoms with Crippen LogP contribution in [-0.4, -0.2) is 28.7 Å². The molecule has 0 aromatic heterocycles. The lowest BCUT2D eigenvalue weighted by molar-refractivity contribution is -0.136. The summed E-state index contributed by atoms with van der Waals surface area (Å²) >= 11 is 4.19. The fraction of sp³-hybridized carbons (Fsp3) is 0.667. The second kappa shape index (κ2) is 5.57. The van der Waals surface area contributed by atoms with Gasteiger partial charge in [0.25, 0.3) is 0 Å². The summed E-state index contributed by atoms with van der Waals surface area (Å²) in [5.74, 6) is 2.93. The van der Waals surface area contributed by atoms with Gasteiger partial charge in [0.15, 0.2) is 0 Å². The van der Waals surface area contributed by atoms with Gasteiger partial charge in [-0.1, -0.05) is 12.2 Å². The summed E-state index contributed by atoms with van der Waals surface area (Å²) < 4.78 is 5.15. The zero-order valence-corrected chi connectivity index (χ0v) is 12.9. The molecule has 2 nitrogen and oxygen atoms in total. The van der Waals surface area contributed by atoms with E-state index in [0.717, 1.165) is 18.4 Å². The Balaban J connectivity index is 1.92. The SMILES string of the molecule is COC(=O)C1=CCC2(SCCCS2)C2=CCCC2C1. The quantitative estimate of drug-likeness (QED) is 0.543. The van der Waals surface area contributed by atoms with Crippen LogP contribution in [0.2, 0.25) is 0 Å². The summed E-state index contributed by atoms with van der Waals surface area (Å²) in [6.45, 7) is 0. The van der Waals surface area contributed by atoms with E-state index in [2.05, 4.69) is 35.7 Å². The number of esters is 1. The van der Waals surface area contributed by atoms with Crippen molar-refractivity contribution in [1.29, 1.82) is 0 Å². The maximum absolute atomic E-state index is 11.9. The van der Waals surface area contributed by atoms with Crippen LogP contribution < -0.4 is 0 Å². The highest BCUT2D eigenvalue weighted by molar-refractivity contribution is 8.19. The molecule has 3 rings (SSSR count). The predicted molar refractivity (Wildman–Crippen MR) is 82.4 cm³/mol. The van der Waals surface area contributed by atoms with Gasteiger partial charge in [0.2, 0.25) is 0 Å². The smallest absolute Gasteiger partial charge is 0.333 e. The van der Waals surface area contributed by atoms with Crippen molar-refractivity contribution in [2.24, 2.45) is 5.92 Å². The number of hydrogen-bond acceptors (Lipinski definition) is 4. The van der Waals surface area contributed by atoms with E-state index in [1.807, 2.05) is 0 Å². The van der Waals surface area contributed by atoms with E-state index in [0.29, 0.717) is 5.92 Å². The van der Waals surface area contributed by atoms with Gasteiger partial charge in [-0.05, 0) is 55.1 Å². The molecule has 0 radical (unpaired) electrons. The first kappa shape index (κ1) is 13.6. The fourth-order valence-corrected chi connectivity index (χ4v) is 6.81. The van der Waals surface area contributed by atoms with Crippen molar-refractivity contribution >= 4 is 29.5 Å². The topological polar surface area (TPSA) is 26.3 Å². The number of fused-ring (bicyclic) bond motifs is 2. The van der Waals surface area contributed by atoms with Crippen molar-refractivity contribution in [3.63, 3.8) is 0 Å². The Labute approximate surface area is 123 Å². The second-order valence-corrected chi connectivity index (χ2v) is 8.41. The van der Waals surface area contributed by atoms with Crippen LogP contribution in [0.4, 0.5) is 0 Å². The van der Waals surface area contributed by atoms with Gasteiger partial charge in [-0.15, -0.1) is 23.5 Å². The monoisotopic (exact) mass is 296 g/mol. The predicted octanol–water partition coefficient (Wildman–Crippen LogP) is 3.78. The fourth-order valence-electron chi connectivity index (χ4n) is 3.32. The van der Waals surface area contributed by atoms with Gasteiger partial charge < -0.3 is 4.74 Å². The molecule has 3 aliphatic rings. The lowest BCUT2D eigenvalue weighted by atomic mass is 9.93. The molecule has 0 amide bonds. The first-order valence-corrected chi connectivity index (χ1v) is 8.98. The van der Waals surface area contributed by atoms with Gasteiger partial charge in [0.05, 0.1) is 11.2 Å². The minimum absolute atomic E-state index is 0.130. The van der Waals surface area contributed by atoms with Gasteiger partial charge in [0.1, 0.15) is 0 Å². The Morgan fingerprint density at radius 3 is 2.89 bits per heavy atom. The number of carbonyl (C=O) groups excluding carboxylic acids is 1. The zero-order chi connectivity index (χ0) is 13.3. The number of methoxy groups -OCH3 is 1. The molecule has 0 saturated carbocycles. The number of rotatable bonds is 1. The largest absolute Gasteiger partial charge is 0.466 e. The van der Waals surface area contributed by atoms with E-state index >= 15 is 0 Å². The van der Waals surface area contributed by atoms with Gasteiger partial charge in [-0.25, -0.2) is 4.79 Å². The van der Waals surface area contributed by atoms with Gasteiger partial charge >= 0.3 is 5.97 Å². The summed E-state index contributed by atoms with van der Waals surface area (Å²) in [5, 5.41) is 0. The highest BCUT2D eigenvalue weighted by Gasteiger charge is 2.43. The Kier molecular flexibility index (Phi) is 3.99. The molecular formula is C15H20O2S2. The third-order valence-electron chi connectivity index (χ3n) is 4.25. The number of allylic oxidation sites excluding steroid dienone is 2. The molecule has 1 heterocycles. The van der Waals surface area contributed by atoms with Crippen LogP contribution in [0.25, 0.3) is 0 Å². The minimum Gasteiger partial charge on any atom is -0.466 e. The molecule has 1 unspecified atom stereocenters. The normalized spacial score (nSPS) is 29.2. The molecule has 1 fully saturated rings. The summed E-state index contributed by atoms with van der Waals surface area (Å²) in [6.07, 6.45) is 10.1. The number of thioether (sulfide) groups is 2. The van der Waals surface area contributed by atoms with Gasteiger partial charge in [-0.2, -0.15) is 0 Å². The summed E-state index contributed by atoms with van der Waals surface area (Å²) in [5.41, 5.74) is 2.50. The van der Waals surface area contributed by atoms with E-state index in [1.165, 1.54) is 37.9 Å². The molecule has 0 aromatic rings. The Hall–Kier alpha value is -0.350. The molecule has 1 aliphatic heterocycles. The highest BCUT2D eigenvalue weighted by atomic mass is 32.2. The molecule has 0 aromatic carbocycles. The molecular weight excluding hydrogens is 276 g/mol. The Morgan fingerprint density at radius 2 is 2.16 bits per heavy atom. The van der Waals surface area contributed by atoms with Crippen LogP contribution >= 0.6 is 23.5 Å². The number of hydrogen-bond donors (Lipinski definition) is 0. The van der Waals surface area contributed by atoms with E-state index in [1.54, 1.807) is 5.57 Å². The Bertz CT molecular complexity index is 433. The average molecular weight is 296 g/mol. The maximum atomic E-state index is 11.9. The first-order valence-electron chi connectivity index (χ1n) is 7.01. The van der Waals surface area contributed by atoms with Crippen LogP contribution in [-0.2, 0) is 9.53 Å².